The zero-order valence-corrected chi connectivity index (χ0v) is 12.0. The minimum absolute atomic E-state index is 0.0604. The number of nitro groups is 1. The highest BCUT2D eigenvalue weighted by Crippen LogP contribution is 2.20. The molecular weight excluding hydrogens is 286 g/mol. The zero-order valence-electron chi connectivity index (χ0n) is 12.0. The standard InChI is InChI=1S/C16H15NO5/c1-2-10-21-15-5-3-4-12(11-15)16(18)22-14-8-6-13(7-9-14)17(19)20/h3-9,11H,2,10H2,1H3. The predicted molar refractivity (Wildman–Crippen MR) is 80.3 cm³/mol. The van der Waals surface area contributed by atoms with Gasteiger partial charge in [0.05, 0.1) is 17.1 Å². The Morgan fingerprint density at radius 1 is 1.14 bits per heavy atom. The van der Waals surface area contributed by atoms with Crippen LogP contribution in [0.2, 0.25) is 0 Å². The smallest absolute Gasteiger partial charge is 0.343 e. The van der Waals surface area contributed by atoms with Crippen molar-refractivity contribution >= 4 is 11.7 Å². The second kappa shape index (κ2) is 7.21. The van der Waals surface area contributed by atoms with Crippen LogP contribution in [0.5, 0.6) is 11.5 Å². The third kappa shape index (κ3) is 4.05. The molecule has 0 aliphatic carbocycles. The topological polar surface area (TPSA) is 78.7 Å². The van der Waals surface area contributed by atoms with Crippen LogP contribution in [0.15, 0.2) is 48.5 Å². The van der Waals surface area contributed by atoms with Gasteiger partial charge in [-0.15, -0.1) is 0 Å². The third-order valence-corrected chi connectivity index (χ3v) is 2.80. The fourth-order valence-electron chi connectivity index (χ4n) is 1.73. The van der Waals surface area contributed by atoms with Crippen LogP contribution in [0.1, 0.15) is 23.7 Å². The Morgan fingerprint density at radius 2 is 1.86 bits per heavy atom. The van der Waals surface area contributed by atoms with Crippen molar-refractivity contribution in [1.82, 2.24) is 0 Å². The number of carbonyl (C=O) groups is 1. The van der Waals surface area contributed by atoms with Crippen LogP contribution in [0, 0.1) is 10.1 Å². The van der Waals surface area contributed by atoms with Crippen LogP contribution in [0.25, 0.3) is 0 Å². The van der Waals surface area contributed by atoms with Crippen LogP contribution in [0.3, 0.4) is 0 Å². The van der Waals surface area contributed by atoms with Crippen LogP contribution < -0.4 is 9.47 Å². The number of hydrogen-bond acceptors (Lipinski definition) is 5. The molecule has 0 unspecified atom stereocenters. The highest BCUT2D eigenvalue weighted by atomic mass is 16.6. The lowest BCUT2D eigenvalue weighted by Crippen LogP contribution is -2.08. The van der Waals surface area contributed by atoms with Crippen molar-refractivity contribution in [2.24, 2.45) is 0 Å². The molecule has 0 saturated carbocycles. The minimum Gasteiger partial charge on any atom is -0.494 e. The number of carbonyl (C=O) groups excluding carboxylic acids is 1. The molecule has 6 nitrogen and oxygen atoms in total. The molecule has 2 aromatic rings. The van der Waals surface area contributed by atoms with Gasteiger partial charge in [0.25, 0.3) is 5.69 Å². The Hall–Kier alpha value is -2.89. The van der Waals surface area contributed by atoms with Crippen molar-refractivity contribution in [1.29, 1.82) is 0 Å². The van der Waals surface area contributed by atoms with Crippen LogP contribution >= 0.6 is 0 Å². The summed E-state index contributed by atoms with van der Waals surface area (Å²) in [6.07, 6.45) is 0.872. The summed E-state index contributed by atoms with van der Waals surface area (Å²) in [7, 11) is 0. The van der Waals surface area contributed by atoms with Crippen molar-refractivity contribution < 1.29 is 19.2 Å². The summed E-state index contributed by atoms with van der Waals surface area (Å²) in [6, 6.07) is 12.0. The minimum atomic E-state index is -0.546. The Balaban J connectivity index is 2.06. The monoisotopic (exact) mass is 301 g/mol. The molecule has 0 atom stereocenters. The summed E-state index contributed by atoms with van der Waals surface area (Å²) < 4.78 is 10.6. The number of nitrogens with zero attached hydrogens (tertiary/aromatic N) is 1. The van der Waals surface area contributed by atoms with Gasteiger partial charge in [0, 0.05) is 12.1 Å². The van der Waals surface area contributed by atoms with Crippen LogP contribution in [0.4, 0.5) is 5.69 Å². The first-order chi connectivity index (χ1) is 10.6. The second-order valence-electron chi connectivity index (χ2n) is 4.52. The van der Waals surface area contributed by atoms with Gasteiger partial charge >= 0.3 is 5.97 Å². The van der Waals surface area contributed by atoms with Gasteiger partial charge in [-0.2, -0.15) is 0 Å². The van der Waals surface area contributed by atoms with Gasteiger partial charge in [0.15, 0.2) is 0 Å². The number of rotatable bonds is 6. The van der Waals surface area contributed by atoms with E-state index in [-0.39, 0.29) is 11.4 Å². The zero-order chi connectivity index (χ0) is 15.9. The van der Waals surface area contributed by atoms with E-state index in [0.29, 0.717) is 17.9 Å². The molecule has 0 heterocycles. The van der Waals surface area contributed by atoms with Gasteiger partial charge in [0.1, 0.15) is 11.5 Å². The summed E-state index contributed by atoms with van der Waals surface area (Å²) in [5.41, 5.74) is 0.293. The maximum Gasteiger partial charge on any atom is 0.343 e. The molecule has 114 valence electrons. The molecule has 0 radical (unpaired) electrons. The van der Waals surface area contributed by atoms with E-state index in [0.717, 1.165) is 6.42 Å². The predicted octanol–water partition coefficient (Wildman–Crippen LogP) is 3.60. The quantitative estimate of drug-likeness (QED) is 0.352. The molecule has 6 heteroatoms. The van der Waals surface area contributed by atoms with Crippen molar-refractivity contribution in [2.75, 3.05) is 6.61 Å². The fourth-order valence-corrected chi connectivity index (χ4v) is 1.73. The third-order valence-electron chi connectivity index (χ3n) is 2.80. The number of non-ortho nitro benzene ring substituents is 1. The highest BCUT2D eigenvalue weighted by molar-refractivity contribution is 5.91. The molecule has 22 heavy (non-hydrogen) atoms. The largest absolute Gasteiger partial charge is 0.494 e. The van der Waals surface area contributed by atoms with Gasteiger partial charge in [-0.3, -0.25) is 10.1 Å². The van der Waals surface area contributed by atoms with E-state index in [4.69, 9.17) is 9.47 Å². The molecule has 0 N–H and O–H groups in total. The van der Waals surface area contributed by atoms with E-state index in [9.17, 15) is 14.9 Å². The summed E-state index contributed by atoms with van der Waals surface area (Å²) in [6.45, 7) is 2.56. The van der Waals surface area contributed by atoms with E-state index in [2.05, 4.69) is 0 Å². The molecule has 0 aliphatic heterocycles. The Labute approximate surface area is 127 Å². The lowest BCUT2D eigenvalue weighted by molar-refractivity contribution is -0.384. The van der Waals surface area contributed by atoms with E-state index in [1.807, 2.05) is 6.92 Å². The lowest BCUT2D eigenvalue weighted by Gasteiger charge is -2.07. The van der Waals surface area contributed by atoms with Gasteiger partial charge in [-0.25, -0.2) is 4.79 Å². The van der Waals surface area contributed by atoms with E-state index in [1.54, 1.807) is 24.3 Å². The maximum atomic E-state index is 12.0. The van der Waals surface area contributed by atoms with Gasteiger partial charge in [-0.05, 0) is 36.8 Å². The summed E-state index contributed by atoms with van der Waals surface area (Å²) >= 11 is 0. The van der Waals surface area contributed by atoms with Crippen molar-refractivity contribution in [3.05, 3.63) is 64.2 Å². The SMILES string of the molecule is CCCOc1cccc(C(=O)Oc2ccc([N+](=O)[O-])cc2)c1. The second-order valence-corrected chi connectivity index (χ2v) is 4.52. The van der Waals surface area contributed by atoms with Gasteiger partial charge in [-0.1, -0.05) is 13.0 Å². The first-order valence-corrected chi connectivity index (χ1v) is 6.79. The van der Waals surface area contributed by atoms with E-state index >= 15 is 0 Å². The molecule has 0 saturated heterocycles. The summed E-state index contributed by atoms with van der Waals surface area (Å²) in [4.78, 5) is 22.1. The van der Waals surface area contributed by atoms with Crippen molar-refractivity contribution in [2.45, 2.75) is 13.3 Å². The average Bonchev–Trinajstić information content (AvgIpc) is 2.53. The molecule has 2 rings (SSSR count). The average molecular weight is 301 g/mol. The molecule has 0 bridgehead atoms. The first kappa shape index (κ1) is 15.5. The summed E-state index contributed by atoms with van der Waals surface area (Å²) in [5, 5.41) is 10.6. The van der Waals surface area contributed by atoms with Gasteiger partial charge in [0.2, 0.25) is 0 Å². The summed E-state index contributed by atoms with van der Waals surface area (Å²) in [5.74, 6) is 0.297. The lowest BCUT2D eigenvalue weighted by atomic mass is 10.2. The van der Waals surface area contributed by atoms with Gasteiger partial charge < -0.3 is 9.47 Å². The maximum absolute atomic E-state index is 12.0. The Morgan fingerprint density at radius 3 is 2.50 bits per heavy atom. The fraction of sp³-hybridized carbons (Fsp3) is 0.188. The molecule has 0 aliphatic rings. The number of hydrogen-bond donors (Lipinski definition) is 0. The van der Waals surface area contributed by atoms with Crippen molar-refractivity contribution in [3.8, 4) is 11.5 Å². The Bertz CT molecular complexity index is 666. The van der Waals surface area contributed by atoms with Crippen LogP contribution in [-0.4, -0.2) is 17.5 Å². The number of esters is 1. The molecule has 0 spiro atoms. The first-order valence-electron chi connectivity index (χ1n) is 6.79. The molecule has 0 amide bonds. The van der Waals surface area contributed by atoms with Crippen molar-refractivity contribution in [3.63, 3.8) is 0 Å². The number of benzene rings is 2. The molecular formula is C16H15NO5. The normalized spacial score (nSPS) is 10.0. The van der Waals surface area contributed by atoms with E-state index < -0.39 is 10.9 Å². The number of nitro benzene ring substituents is 1. The highest BCUT2D eigenvalue weighted by Gasteiger charge is 2.11. The van der Waals surface area contributed by atoms with Crippen LogP contribution in [-0.2, 0) is 0 Å². The van der Waals surface area contributed by atoms with E-state index in [1.165, 1.54) is 24.3 Å². The Kier molecular flexibility index (Phi) is 5.08. The molecule has 0 fully saturated rings. The number of ether oxygens (including phenoxy) is 2. The molecule has 2 aromatic carbocycles. The molecule has 0 aromatic heterocycles.